The quantitative estimate of drug-likeness (QED) is 0.861. The second-order valence-corrected chi connectivity index (χ2v) is 4.98. The topological polar surface area (TPSA) is 24.5 Å². The summed E-state index contributed by atoms with van der Waals surface area (Å²) < 4.78 is 5.34. The van der Waals surface area contributed by atoms with Gasteiger partial charge in [-0.15, -0.1) is 24.8 Å². The molecule has 0 fully saturated rings. The number of benzene rings is 2. The van der Waals surface area contributed by atoms with Crippen molar-refractivity contribution in [3.05, 3.63) is 59.7 Å². The fourth-order valence-corrected chi connectivity index (χ4v) is 2.10. The van der Waals surface area contributed by atoms with Gasteiger partial charge in [0, 0.05) is 38.4 Å². The Morgan fingerprint density at radius 2 is 1.55 bits per heavy atom. The first-order valence-corrected chi connectivity index (χ1v) is 6.79. The highest BCUT2D eigenvalue weighted by molar-refractivity contribution is 5.85. The zero-order valence-electron chi connectivity index (χ0n) is 13.2. The average Bonchev–Trinajstić information content (AvgIpc) is 2.48. The molecule has 0 bridgehead atoms. The lowest BCUT2D eigenvalue weighted by Crippen LogP contribution is -2.13. The predicted octanol–water partition coefficient (Wildman–Crippen LogP) is 3.89. The Morgan fingerprint density at radius 1 is 0.909 bits per heavy atom. The lowest BCUT2D eigenvalue weighted by molar-refractivity contribution is 0.407. The van der Waals surface area contributed by atoms with Gasteiger partial charge in [0.05, 0.1) is 7.11 Å². The highest BCUT2D eigenvalue weighted by Gasteiger charge is 2.01. The van der Waals surface area contributed by atoms with Crippen molar-refractivity contribution in [2.24, 2.45) is 0 Å². The number of hydrogen-bond acceptors (Lipinski definition) is 3. The fourth-order valence-electron chi connectivity index (χ4n) is 2.10. The molecule has 0 aromatic heterocycles. The summed E-state index contributed by atoms with van der Waals surface area (Å²) in [6.45, 7) is 1.66. The van der Waals surface area contributed by atoms with Gasteiger partial charge in [0.1, 0.15) is 5.75 Å². The zero-order valence-corrected chi connectivity index (χ0v) is 14.8. The van der Waals surface area contributed by atoms with Gasteiger partial charge in [0.15, 0.2) is 0 Å². The summed E-state index contributed by atoms with van der Waals surface area (Å²) in [5, 5.41) is 3.45. The Bertz CT molecular complexity index is 545. The summed E-state index contributed by atoms with van der Waals surface area (Å²) in [7, 11) is 5.81. The molecule has 0 spiro atoms. The summed E-state index contributed by atoms with van der Waals surface area (Å²) in [4.78, 5) is 2.10. The Morgan fingerprint density at radius 3 is 2.14 bits per heavy atom. The van der Waals surface area contributed by atoms with Crippen LogP contribution in [0, 0.1) is 0 Å². The molecule has 122 valence electrons. The summed E-state index contributed by atoms with van der Waals surface area (Å²) >= 11 is 0. The standard InChI is InChI=1S/C17H22N2O.2ClH/c1-19(2)16-10-8-14(9-11-16)12-18-13-15-6-4-5-7-17(15)20-3;;/h4-11,18H,12-13H2,1-3H3;2*1H. The Labute approximate surface area is 145 Å². The molecule has 2 aromatic carbocycles. The van der Waals surface area contributed by atoms with Crippen molar-refractivity contribution in [3.8, 4) is 5.75 Å². The van der Waals surface area contributed by atoms with E-state index in [0.29, 0.717) is 0 Å². The van der Waals surface area contributed by atoms with E-state index in [1.807, 2.05) is 18.2 Å². The van der Waals surface area contributed by atoms with E-state index in [4.69, 9.17) is 4.74 Å². The largest absolute Gasteiger partial charge is 0.496 e. The minimum absolute atomic E-state index is 0. The minimum Gasteiger partial charge on any atom is -0.496 e. The van der Waals surface area contributed by atoms with Gasteiger partial charge in [-0.3, -0.25) is 0 Å². The van der Waals surface area contributed by atoms with Crippen molar-refractivity contribution >= 4 is 30.5 Å². The lowest BCUT2D eigenvalue weighted by atomic mass is 10.1. The number of rotatable bonds is 6. The molecule has 0 aliphatic rings. The molecule has 22 heavy (non-hydrogen) atoms. The average molecular weight is 343 g/mol. The number of para-hydroxylation sites is 1. The van der Waals surface area contributed by atoms with Crippen LogP contribution < -0.4 is 15.0 Å². The van der Waals surface area contributed by atoms with Crippen LogP contribution in [0.25, 0.3) is 0 Å². The highest BCUT2D eigenvalue weighted by atomic mass is 35.5. The van der Waals surface area contributed by atoms with Gasteiger partial charge in [0.2, 0.25) is 0 Å². The first-order valence-electron chi connectivity index (χ1n) is 6.79. The van der Waals surface area contributed by atoms with Crippen LogP contribution in [0.4, 0.5) is 5.69 Å². The summed E-state index contributed by atoms with van der Waals surface area (Å²) in [5.74, 6) is 0.933. The maximum atomic E-state index is 5.34. The van der Waals surface area contributed by atoms with Gasteiger partial charge >= 0.3 is 0 Å². The fraction of sp³-hybridized carbons (Fsp3) is 0.294. The zero-order chi connectivity index (χ0) is 14.4. The van der Waals surface area contributed by atoms with Gasteiger partial charge in [-0.05, 0) is 23.8 Å². The molecule has 2 aromatic rings. The third-order valence-corrected chi connectivity index (χ3v) is 3.29. The molecule has 0 heterocycles. The second kappa shape index (κ2) is 10.3. The molecule has 0 radical (unpaired) electrons. The Kier molecular flexibility index (Phi) is 9.66. The van der Waals surface area contributed by atoms with Gasteiger partial charge in [-0.1, -0.05) is 30.3 Å². The van der Waals surface area contributed by atoms with Crippen LogP contribution in [-0.2, 0) is 13.1 Å². The summed E-state index contributed by atoms with van der Waals surface area (Å²) in [6.07, 6.45) is 0. The van der Waals surface area contributed by atoms with Crippen molar-refractivity contribution < 1.29 is 4.74 Å². The van der Waals surface area contributed by atoms with Crippen LogP contribution in [0.15, 0.2) is 48.5 Å². The molecule has 0 unspecified atom stereocenters. The van der Waals surface area contributed by atoms with Gasteiger partial charge in [0.25, 0.3) is 0 Å². The third kappa shape index (κ3) is 5.76. The van der Waals surface area contributed by atoms with Crippen LogP contribution >= 0.6 is 24.8 Å². The number of nitrogens with one attached hydrogen (secondary N) is 1. The Hall–Kier alpha value is -1.42. The third-order valence-electron chi connectivity index (χ3n) is 3.29. The molecule has 2 rings (SSSR count). The highest BCUT2D eigenvalue weighted by Crippen LogP contribution is 2.17. The molecule has 0 aliphatic heterocycles. The maximum absolute atomic E-state index is 5.34. The van der Waals surface area contributed by atoms with E-state index in [0.717, 1.165) is 18.8 Å². The van der Waals surface area contributed by atoms with Crippen LogP contribution in [0.5, 0.6) is 5.75 Å². The van der Waals surface area contributed by atoms with E-state index >= 15 is 0 Å². The van der Waals surface area contributed by atoms with E-state index in [2.05, 4.69) is 54.6 Å². The SMILES string of the molecule is COc1ccccc1CNCc1ccc(N(C)C)cc1.Cl.Cl. The first-order chi connectivity index (χ1) is 9.70. The molecular weight excluding hydrogens is 319 g/mol. The molecule has 5 heteroatoms. The number of nitrogens with zero attached hydrogens (tertiary/aromatic N) is 1. The molecule has 3 nitrogen and oxygen atoms in total. The molecule has 0 amide bonds. The van der Waals surface area contributed by atoms with E-state index in [9.17, 15) is 0 Å². The van der Waals surface area contributed by atoms with Crippen LogP contribution in [0.3, 0.4) is 0 Å². The number of methoxy groups -OCH3 is 1. The van der Waals surface area contributed by atoms with Crippen molar-refractivity contribution in [2.45, 2.75) is 13.1 Å². The first kappa shape index (κ1) is 20.6. The van der Waals surface area contributed by atoms with Crippen molar-refractivity contribution in [1.29, 1.82) is 0 Å². The summed E-state index contributed by atoms with van der Waals surface area (Å²) in [6, 6.07) is 16.7. The van der Waals surface area contributed by atoms with Gasteiger partial charge in [-0.25, -0.2) is 0 Å². The van der Waals surface area contributed by atoms with Crippen molar-refractivity contribution in [1.82, 2.24) is 5.32 Å². The van der Waals surface area contributed by atoms with Gasteiger partial charge in [-0.2, -0.15) is 0 Å². The Balaban J connectivity index is 0.00000220. The summed E-state index contributed by atoms with van der Waals surface area (Å²) in [5.41, 5.74) is 3.68. The molecule has 0 atom stereocenters. The minimum atomic E-state index is 0. The van der Waals surface area contributed by atoms with E-state index in [-0.39, 0.29) is 24.8 Å². The maximum Gasteiger partial charge on any atom is 0.123 e. The van der Waals surface area contributed by atoms with Crippen LogP contribution in [0.2, 0.25) is 0 Å². The number of anilines is 1. The number of halogens is 2. The van der Waals surface area contributed by atoms with E-state index in [1.54, 1.807) is 7.11 Å². The number of hydrogen-bond donors (Lipinski definition) is 1. The van der Waals surface area contributed by atoms with Crippen LogP contribution in [0.1, 0.15) is 11.1 Å². The van der Waals surface area contributed by atoms with E-state index < -0.39 is 0 Å². The molecule has 0 saturated heterocycles. The molecule has 1 N–H and O–H groups in total. The molecular formula is C17H24Cl2N2O. The van der Waals surface area contributed by atoms with E-state index in [1.165, 1.54) is 16.8 Å². The monoisotopic (exact) mass is 342 g/mol. The number of ether oxygens (including phenoxy) is 1. The molecule has 0 saturated carbocycles. The van der Waals surface area contributed by atoms with Crippen molar-refractivity contribution in [3.63, 3.8) is 0 Å². The second-order valence-electron chi connectivity index (χ2n) is 4.98. The lowest BCUT2D eigenvalue weighted by Gasteiger charge is -2.13. The smallest absolute Gasteiger partial charge is 0.123 e. The molecule has 0 aliphatic carbocycles. The normalized spacial score (nSPS) is 9.41. The van der Waals surface area contributed by atoms with Crippen molar-refractivity contribution in [2.75, 3.05) is 26.1 Å². The van der Waals surface area contributed by atoms with Crippen LogP contribution in [-0.4, -0.2) is 21.2 Å². The van der Waals surface area contributed by atoms with Gasteiger partial charge < -0.3 is 15.0 Å². The predicted molar refractivity (Wildman–Crippen MR) is 98.8 cm³/mol.